The van der Waals surface area contributed by atoms with Gasteiger partial charge < -0.3 is 14.6 Å². The monoisotopic (exact) mass is 419 g/mol. The number of benzene rings is 1. The molecule has 1 aromatic carbocycles. The minimum Gasteiger partial charge on any atom is -0.491 e. The van der Waals surface area contributed by atoms with Crippen molar-refractivity contribution >= 4 is 0 Å². The number of ether oxygens (including phenoxy) is 2. The first kappa shape index (κ1) is 25.2. The van der Waals surface area contributed by atoms with Gasteiger partial charge in [-0.2, -0.15) is 0 Å². The molecule has 0 saturated carbocycles. The fourth-order valence-corrected chi connectivity index (χ4v) is 5.00. The molecule has 1 aromatic rings. The molecule has 172 valence electrons. The van der Waals surface area contributed by atoms with Crippen LogP contribution in [0, 0.1) is 5.41 Å². The van der Waals surface area contributed by atoms with Crippen molar-refractivity contribution in [2.75, 3.05) is 26.4 Å². The Morgan fingerprint density at radius 3 is 2.17 bits per heavy atom. The third-order valence-corrected chi connectivity index (χ3v) is 6.21. The molecule has 0 bridgehead atoms. The van der Waals surface area contributed by atoms with Gasteiger partial charge >= 0.3 is 0 Å². The highest BCUT2D eigenvalue weighted by Crippen LogP contribution is 2.36. The number of nitrogens with zero attached hydrogens (tertiary/aromatic N) is 1. The van der Waals surface area contributed by atoms with Gasteiger partial charge in [-0.1, -0.05) is 53.2 Å². The minimum atomic E-state index is -0.447. The summed E-state index contributed by atoms with van der Waals surface area (Å²) in [6.45, 7) is 18.0. The summed E-state index contributed by atoms with van der Waals surface area (Å²) in [5, 5.41) is 10.3. The Labute approximate surface area is 185 Å². The summed E-state index contributed by atoms with van der Waals surface area (Å²) in [6.07, 6.45) is 4.41. The Hall–Kier alpha value is -1.10. The van der Waals surface area contributed by atoms with Gasteiger partial charge in [0.15, 0.2) is 0 Å². The maximum absolute atomic E-state index is 10.3. The number of likely N-dealkylation sites (tertiary alicyclic amines) is 1. The highest BCUT2D eigenvalue weighted by molar-refractivity contribution is 5.31. The molecule has 4 heteroatoms. The molecule has 4 nitrogen and oxygen atoms in total. The van der Waals surface area contributed by atoms with E-state index in [1.165, 1.54) is 24.8 Å². The van der Waals surface area contributed by atoms with Crippen LogP contribution in [0.1, 0.15) is 79.7 Å². The van der Waals surface area contributed by atoms with E-state index in [1.807, 2.05) is 12.1 Å². The molecule has 30 heavy (non-hydrogen) atoms. The number of β-amino-alcohol motifs (C(OH)–C–C–N with tert-alkyl or cyclic N) is 1. The second kappa shape index (κ2) is 11.0. The van der Waals surface area contributed by atoms with Crippen LogP contribution in [0.4, 0.5) is 0 Å². The van der Waals surface area contributed by atoms with Gasteiger partial charge in [-0.15, -0.1) is 0 Å². The number of aliphatic hydroxyl groups is 1. The highest BCUT2D eigenvalue weighted by Gasteiger charge is 2.27. The molecule has 1 N–H and O–H groups in total. The van der Waals surface area contributed by atoms with Crippen LogP contribution in [0.15, 0.2) is 24.3 Å². The van der Waals surface area contributed by atoms with E-state index in [0.717, 1.165) is 12.2 Å². The van der Waals surface area contributed by atoms with Gasteiger partial charge in [0.2, 0.25) is 0 Å². The van der Waals surface area contributed by atoms with Gasteiger partial charge in [0.25, 0.3) is 0 Å². The van der Waals surface area contributed by atoms with Crippen molar-refractivity contribution in [2.45, 2.75) is 97.8 Å². The van der Waals surface area contributed by atoms with Crippen LogP contribution >= 0.6 is 0 Å². The lowest BCUT2D eigenvalue weighted by atomic mass is 9.72. The number of rotatable bonds is 10. The number of aliphatic hydroxyl groups excluding tert-OH is 1. The first-order chi connectivity index (χ1) is 14.0. The maximum Gasteiger partial charge on any atom is 0.119 e. The second-order valence-corrected chi connectivity index (χ2v) is 11.0. The summed E-state index contributed by atoms with van der Waals surface area (Å²) in [5.74, 6) is 0.866. The van der Waals surface area contributed by atoms with Crippen LogP contribution in [0.5, 0.6) is 5.75 Å². The fraction of sp³-hybridized carbons (Fsp3) is 0.769. The van der Waals surface area contributed by atoms with Gasteiger partial charge in [0, 0.05) is 18.6 Å². The lowest BCUT2D eigenvalue weighted by Gasteiger charge is -2.40. The molecule has 0 spiro atoms. The topological polar surface area (TPSA) is 41.9 Å². The summed E-state index contributed by atoms with van der Waals surface area (Å²) in [4.78, 5) is 2.41. The first-order valence-electron chi connectivity index (χ1n) is 11.7. The van der Waals surface area contributed by atoms with E-state index in [9.17, 15) is 5.11 Å². The Morgan fingerprint density at radius 1 is 1.00 bits per heavy atom. The van der Waals surface area contributed by atoms with Crippen molar-refractivity contribution in [1.29, 1.82) is 0 Å². The van der Waals surface area contributed by atoms with Crippen LogP contribution in [0.2, 0.25) is 0 Å². The van der Waals surface area contributed by atoms with E-state index in [0.29, 0.717) is 43.9 Å². The highest BCUT2D eigenvalue weighted by atomic mass is 16.5. The molecule has 0 aromatic heterocycles. The molecule has 2 rings (SSSR count). The Bertz CT molecular complexity index is 610. The molecule has 0 radical (unpaired) electrons. The Balaban J connectivity index is 1.68. The van der Waals surface area contributed by atoms with E-state index in [-0.39, 0.29) is 5.41 Å². The lowest BCUT2D eigenvalue weighted by Crippen LogP contribution is -2.48. The van der Waals surface area contributed by atoms with Crippen molar-refractivity contribution in [2.24, 2.45) is 5.41 Å². The summed E-state index contributed by atoms with van der Waals surface area (Å²) in [5.41, 5.74) is 1.77. The van der Waals surface area contributed by atoms with Crippen molar-refractivity contribution in [3.8, 4) is 5.75 Å². The van der Waals surface area contributed by atoms with Crippen molar-refractivity contribution in [1.82, 2.24) is 4.90 Å². The smallest absolute Gasteiger partial charge is 0.119 e. The molecule has 0 amide bonds. The van der Waals surface area contributed by atoms with Crippen molar-refractivity contribution in [3.05, 3.63) is 29.8 Å². The SMILES string of the molecule is C[C@@H]1CCC[C@H](C)N1C[C@@H](O)COCCOc1ccc(C(C)(C)CC(C)(C)C)cc1. The van der Waals surface area contributed by atoms with E-state index < -0.39 is 6.10 Å². The van der Waals surface area contributed by atoms with Gasteiger partial charge in [-0.25, -0.2) is 0 Å². The zero-order valence-electron chi connectivity index (χ0n) is 20.4. The average Bonchev–Trinajstić information content (AvgIpc) is 2.63. The zero-order valence-corrected chi connectivity index (χ0v) is 20.4. The summed E-state index contributed by atoms with van der Waals surface area (Å²) < 4.78 is 11.5. The second-order valence-electron chi connectivity index (χ2n) is 11.0. The van der Waals surface area contributed by atoms with Crippen molar-refractivity contribution in [3.63, 3.8) is 0 Å². The molecule has 1 heterocycles. The van der Waals surface area contributed by atoms with Crippen LogP contribution in [0.3, 0.4) is 0 Å². The van der Waals surface area contributed by atoms with Crippen molar-refractivity contribution < 1.29 is 14.6 Å². The third kappa shape index (κ3) is 8.20. The van der Waals surface area contributed by atoms with Gasteiger partial charge in [-0.3, -0.25) is 4.90 Å². The van der Waals surface area contributed by atoms with Crippen LogP contribution < -0.4 is 4.74 Å². The van der Waals surface area contributed by atoms with E-state index >= 15 is 0 Å². The maximum atomic E-state index is 10.3. The molecule has 1 saturated heterocycles. The summed E-state index contributed by atoms with van der Waals surface area (Å²) >= 11 is 0. The third-order valence-electron chi connectivity index (χ3n) is 6.21. The molecular formula is C26H45NO3. The van der Waals surface area contributed by atoms with E-state index in [4.69, 9.17) is 9.47 Å². The fourth-order valence-electron chi connectivity index (χ4n) is 5.00. The molecule has 1 fully saturated rings. The van der Waals surface area contributed by atoms with Gasteiger partial charge in [0.05, 0.1) is 19.3 Å². The van der Waals surface area contributed by atoms with E-state index in [1.54, 1.807) is 0 Å². The van der Waals surface area contributed by atoms with Crippen LogP contribution in [-0.4, -0.2) is 54.6 Å². The molecule has 3 atom stereocenters. The largest absolute Gasteiger partial charge is 0.491 e. The average molecular weight is 420 g/mol. The lowest BCUT2D eigenvalue weighted by molar-refractivity contribution is -0.0141. The zero-order chi connectivity index (χ0) is 22.4. The number of piperidine rings is 1. The summed E-state index contributed by atoms with van der Waals surface area (Å²) in [6, 6.07) is 9.53. The summed E-state index contributed by atoms with van der Waals surface area (Å²) in [7, 11) is 0. The molecular weight excluding hydrogens is 374 g/mol. The first-order valence-corrected chi connectivity index (χ1v) is 11.7. The standard InChI is InChI=1S/C26H45NO3/c1-20-9-8-10-21(2)27(20)17-23(28)18-29-15-16-30-24-13-11-22(12-14-24)26(6,7)19-25(3,4)5/h11-14,20-21,23,28H,8-10,15-19H2,1-7H3/t20-,21+,23-/m1/s1. The number of hydrogen-bond acceptors (Lipinski definition) is 4. The molecule has 1 aliphatic heterocycles. The molecule has 1 aliphatic rings. The molecule has 0 unspecified atom stereocenters. The number of hydrogen-bond donors (Lipinski definition) is 1. The van der Waals surface area contributed by atoms with Gasteiger partial charge in [0.1, 0.15) is 12.4 Å². The predicted molar refractivity (Wildman–Crippen MR) is 125 cm³/mol. The van der Waals surface area contributed by atoms with Crippen LogP contribution in [0.25, 0.3) is 0 Å². The minimum absolute atomic E-state index is 0.138. The Morgan fingerprint density at radius 2 is 1.60 bits per heavy atom. The normalized spacial score (nSPS) is 22.1. The Kier molecular flexibility index (Phi) is 9.20. The predicted octanol–water partition coefficient (Wildman–Crippen LogP) is 5.42. The van der Waals surface area contributed by atoms with Gasteiger partial charge in [-0.05, 0) is 61.6 Å². The van der Waals surface area contributed by atoms with Crippen LogP contribution in [-0.2, 0) is 10.2 Å². The quantitative estimate of drug-likeness (QED) is 0.514. The van der Waals surface area contributed by atoms with E-state index in [2.05, 4.69) is 65.5 Å². The molecule has 0 aliphatic carbocycles.